The average molecular weight is 209 g/mol. The van der Waals surface area contributed by atoms with E-state index in [1.807, 2.05) is 30.1 Å². The summed E-state index contributed by atoms with van der Waals surface area (Å²) in [5, 5.41) is 0. The van der Waals surface area contributed by atoms with Crippen molar-refractivity contribution in [2.24, 2.45) is 0 Å². The lowest BCUT2D eigenvalue weighted by molar-refractivity contribution is 0.699. The van der Waals surface area contributed by atoms with Crippen molar-refractivity contribution in [3.8, 4) is 0 Å². The number of hydrogen-bond acceptors (Lipinski definition) is 4. The zero-order valence-corrected chi connectivity index (χ0v) is 9.13. The normalized spacial score (nSPS) is 21.1. The van der Waals surface area contributed by atoms with Gasteiger partial charge in [-0.25, -0.2) is 4.98 Å². The first-order valence-corrected chi connectivity index (χ1v) is 5.95. The third-order valence-electron chi connectivity index (χ3n) is 2.63. The minimum atomic E-state index is 0.586. The highest BCUT2D eigenvalue weighted by molar-refractivity contribution is 7.99. The van der Waals surface area contributed by atoms with Gasteiger partial charge in [-0.2, -0.15) is 11.8 Å². The van der Waals surface area contributed by atoms with Crippen molar-refractivity contribution in [3.63, 3.8) is 0 Å². The molecule has 0 saturated carbocycles. The molecule has 2 rings (SSSR count). The quantitative estimate of drug-likeness (QED) is 0.803. The number of aromatic nitrogens is 1. The number of thioether (sulfide) groups is 1. The molecule has 1 aliphatic heterocycles. The number of rotatable bonds is 2. The molecule has 4 heteroatoms. The lowest BCUT2D eigenvalue weighted by atomic mass is 10.2. The highest BCUT2D eigenvalue weighted by atomic mass is 32.2. The van der Waals surface area contributed by atoms with Crippen LogP contribution in [-0.4, -0.2) is 29.6 Å². The zero-order chi connectivity index (χ0) is 9.97. The Hall–Kier alpha value is -0.900. The van der Waals surface area contributed by atoms with Crippen molar-refractivity contribution in [1.82, 2.24) is 4.98 Å². The van der Waals surface area contributed by atoms with Crippen molar-refractivity contribution in [3.05, 3.63) is 18.3 Å². The van der Waals surface area contributed by atoms with Gasteiger partial charge in [-0.1, -0.05) is 0 Å². The molecule has 1 aliphatic rings. The third-order valence-corrected chi connectivity index (χ3v) is 3.78. The monoisotopic (exact) mass is 209 g/mol. The average Bonchev–Trinajstić information content (AvgIpc) is 2.71. The summed E-state index contributed by atoms with van der Waals surface area (Å²) >= 11 is 2.02. The molecule has 0 spiro atoms. The van der Waals surface area contributed by atoms with Crippen LogP contribution in [0.3, 0.4) is 0 Å². The molecule has 0 amide bonds. The van der Waals surface area contributed by atoms with Gasteiger partial charge in [0.25, 0.3) is 0 Å². The molecule has 1 aromatic heterocycles. The fourth-order valence-electron chi connectivity index (χ4n) is 1.64. The van der Waals surface area contributed by atoms with Gasteiger partial charge < -0.3 is 10.6 Å². The summed E-state index contributed by atoms with van der Waals surface area (Å²) in [6.07, 6.45) is 3.11. The topological polar surface area (TPSA) is 42.1 Å². The van der Waals surface area contributed by atoms with Crippen molar-refractivity contribution in [2.45, 2.75) is 12.5 Å². The fraction of sp³-hybridized carbons (Fsp3) is 0.500. The predicted octanol–water partition coefficient (Wildman–Crippen LogP) is 1.61. The Morgan fingerprint density at radius 3 is 3.00 bits per heavy atom. The van der Waals surface area contributed by atoms with Gasteiger partial charge in [-0.15, -0.1) is 0 Å². The lowest BCUT2D eigenvalue weighted by Gasteiger charge is -2.25. The van der Waals surface area contributed by atoms with Crippen LogP contribution in [0.25, 0.3) is 0 Å². The molecule has 0 radical (unpaired) electrons. The van der Waals surface area contributed by atoms with Crippen molar-refractivity contribution in [2.75, 3.05) is 29.2 Å². The molecule has 1 aromatic rings. The summed E-state index contributed by atoms with van der Waals surface area (Å²) in [7, 11) is 2.13. The Labute approximate surface area is 88.7 Å². The van der Waals surface area contributed by atoms with Gasteiger partial charge in [0.15, 0.2) is 0 Å². The highest BCUT2D eigenvalue weighted by Crippen LogP contribution is 2.25. The summed E-state index contributed by atoms with van der Waals surface area (Å²) in [4.78, 5) is 6.40. The molecule has 1 atom stereocenters. The Balaban J connectivity index is 2.09. The van der Waals surface area contributed by atoms with E-state index >= 15 is 0 Å². The molecule has 14 heavy (non-hydrogen) atoms. The molecule has 1 fully saturated rings. The van der Waals surface area contributed by atoms with Gasteiger partial charge in [0, 0.05) is 18.8 Å². The third kappa shape index (κ3) is 1.95. The Kier molecular flexibility index (Phi) is 2.82. The van der Waals surface area contributed by atoms with Crippen LogP contribution in [0.5, 0.6) is 0 Å². The molecule has 76 valence electrons. The van der Waals surface area contributed by atoms with Gasteiger partial charge in [-0.3, -0.25) is 0 Å². The zero-order valence-electron chi connectivity index (χ0n) is 8.31. The lowest BCUT2D eigenvalue weighted by Crippen LogP contribution is -2.31. The first kappa shape index (κ1) is 9.65. The van der Waals surface area contributed by atoms with Crippen molar-refractivity contribution < 1.29 is 0 Å². The Bertz CT molecular complexity index is 293. The van der Waals surface area contributed by atoms with E-state index in [0.29, 0.717) is 11.9 Å². The molecule has 1 unspecified atom stereocenters. The van der Waals surface area contributed by atoms with Crippen LogP contribution in [0.1, 0.15) is 6.42 Å². The van der Waals surface area contributed by atoms with E-state index in [2.05, 4.69) is 16.9 Å². The van der Waals surface area contributed by atoms with Gasteiger partial charge in [-0.05, 0) is 24.3 Å². The van der Waals surface area contributed by atoms with Crippen LogP contribution in [0, 0.1) is 0 Å². The molecule has 2 heterocycles. The van der Waals surface area contributed by atoms with Crippen LogP contribution < -0.4 is 10.6 Å². The van der Waals surface area contributed by atoms with Gasteiger partial charge >= 0.3 is 0 Å². The minimum Gasteiger partial charge on any atom is -0.384 e. The number of nitrogens with two attached hydrogens (primary N) is 1. The first-order valence-electron chi connectivity index (χ1n) is 4.79. The van der Waals surface area contributed by atoms with E-state index < -0.39 is 0 Å². The number of pyridine rings is 1. The van der Waals surface area contributed by atoms with Crippen molar-refractivity contribution >= 4 is 23.3 Å². The Morgan fingerprint density at radius 2 is 2.43 bits per heavy atom. The second-order valence-electron chi connectivity index (χ2n) is 3.57. The largest absolute Gasteiger partial charge is 0.384 e. The second-order valence-corrected chi connectivity index (χ2v) is 4.72. The molecule has 0 aromatic carbocycles. The SMILES string of the molecule is CN(c1ccc(N)nc1)C1CCSC1. The smallest absolute Gasteiger partial charge is 0.123 e. The van der Waals surface area contributed by atoms with Gasteiger partial charge in [0.1, 0.15) is 5.82 Å². The number of hydrogen-bond donors (Lipinski definition) is 1. The maximum Gasteiger partial charge on any atom is 0.123 e. The van der Waals surface area contributed by atoms with E-state index in [1.165, 1.54) is 17.9 Å². The maximum absolute atomic E-state index is 5.55. The van der Waals surface area contributed by atoms with Crippen LogP contribution >= 0.6 is 11.8 Å². The summed E-state index contributed by atoms with van der Waals surface area (Å²) in [6, 6.07) is 4.55. The molecule has 1 saturated heterocycles. The first-order chi connectivity index (χ1) is 6.77. The standard InChI is InChI=1S/C10H15N3S/c1-13(9-4-5-14-7-9)8-2-3-10(11)12-6-8/h2-3,6,9H,4-5,7H2,1H3,(H2,11,12). The number of nitrogen functional groups attached to an aromatic ring is 1. The van der Waals surface area contributed by atoms with Crippen LogP contribution in [0.15, 0.2) is 18.3 Å². The van der Waals surface area contributed by atoms with Crippen molar-refractivity contribution in [1.29, 1.82) is 0 Å². The molecule has 0 aliphatic carbocycles. The van der Waals surface area contributed by atoms with Gasteiger partial charge in [0.2, 0.25) is 0 Å². The van der Waals surface area contributed by atoms with Crippen LogP contribution in [0.2, 0.25) is 0 Å². The molecule has 0 bridgehead atoms. The van der Waals surface area contributed by atoms with Crippen LogP contribution in [0.4, 0.5) is 11.5 Å². The summed E-state index contributed by atoms with van der Waals surface area (Å²) < 4.78 is 0. The van der Waals surface area contributed by atoms with E-state index in [4.69, 9.17) is 5.73 Å². The van der Waals surface area contributed by atoms with E-state index in [-0.39, 0.29) is 0 Å². The minimum absolute atomic E-state index is 0.586. The molecular formula is C10H15N3S. The maximum atomic E-state index is 5.55. The summed E-state index contributed by atoms with van der Waals surface area (Å²) in [5.41, 5.74) is 6.71. The van der Waals surface area contributed by atoms with E-state index in [1.54, 1.807) is 0 Å². The molecule has 2 N–H and O–H groups in total. The summed E-state index contributed by atoms with van der Waals surface area (Å²) in [5.74, 6) is 3.08. The van der Waals surface area contributed by atoms with E-state index in [0.717, 1.165) is 5.69 Å². The highest BCUT2D eigenvalue weighted by Gasteiger charge is 2.20. The molecular weight excluding hydrogens is 194 g/mol. The Morgan fingerprint density at radius 1 is 1.57 bits per heavy atom. The molecule has 3 nitrogen and oxygen atoms in total. The van der Waals surface area contributed by atoms with Gasteiger partial charge in [0.05, 0.1) is 11.9 Å². The summed E-state index contributed by atoms with van der Waals surface area (Å²) in [6.45, 7) is 0. The van der Waals surface area contributed by atoms with Crippen LogP contribution in [-0.2, 0) is 0 Å². The number of nitrogens with zero attached hydrogens (tertiary/aromatic N) is 2. The fourth-order valence-corrected chi connectivity index (χ4v) is 2.91. The van der Waals surface area contributed by atoms with E-state index in [9.17, 15) is 0 Å². The second kappa shape index (κ2) is 4.09. The predicted molar refractivity (Wildman–Crippen MR) is 62.8 cm³/mol. The number of anilines is 2.